The molecule has 6 heteroatoms. The highest BCUT2D eigenvalue weighted by Crippen LogP contribution is 2.26. The Bertz CT molecular complexity index is 856. The Morgan fingerprint density at radius 3 is 2.75 bits per heavy atom. The van der Waals surface area contributed by atoms with E-state index in [4.69, 9.17) is 17.0 Å². The summed E-state index contributed by atoms with van der Waals surface area (Å²) in [7, 11) is 1.44. The molecule has 3 rings (SSSR count). The van der Waals surface area contributed by atoms with Crippen LogP contribution in [0.1, 0.15) is 0 Å². The van der Waals surface area contributed by atoms with Crippen LogP contribution >= 0.6 is 28.1 Å². The summed E-state index contributed by atoms with van der Waals surface area (Å²) in [5.41, 5.74) is 2.43. The van der Waals surface area contributed by atoms with Gasteiger partial charge in [-0.15, -0.1) is 0 Å². The second-order valence-corrected chi connectivity index (χ2v) is 5.55. The summed E-state index contributed by atoms with van der Waals surface area (Å²) in [4.78, 5) is 3.10. The lowest BCUT2D eigenvalue weighted by molar-refractivity contribution is 0.386. The highest BCUT2D eigenvalue weighted by Gasteiger charge is 2.10. The first-order chi connectivity index (χ1) is 9.60. The minimum Gasteiger partial charge on any atom is -0.494 e. The number of ether oxygens (including phenoxy) is 1. The van der Waals surface area contributed by atoms with Crippen LogP contribution in [0.3, 0.4) is 0 Å². The molecule has 0 atom stereocenters. The second kappa shape index (κ2) is 5.03. The van der Waals surface area contributed by atoms with E-state index in [1.807, 2.05) is 18.2 Å². The molecule has 3 aromatic rings. The molecular formula is C14H10BrFN2OS. The molecule has 0 aliphatic rings. The van der Waals surface area contributed by atoms with Crippen LogP contribution < -0.4 is 4.74 Å². The van der Waals surface area contributed by atoms with E-state index in [0.29, 0.717) is 10.5 Å². The van der Waals surface area contributed by atoms with Crippen LogP contribution in [-0.2, 0) is 0 Å². The van der Waals surface area contributed by atoms with E-state index < -0.39 is 5.82 Å². The Morgan fingerprint density at radius 2 is 2.05 bits per heavy atom. The van der Waals surface area contributed by atoms with Crippen LogP contribution in [0.4, 0.5) is 4.39 Å². The predicted molar refractivity (Wildman–Crippen MR) is 82.7 cm³/mol. The molecule has 102 valence electrons. The first-order valence-electron chi connectivity index (χ1n) is 5.84. The largest absolute Gasteiger partial charge is 0.494 e. The van der Waals surface area contributed by atoms with E-state index in [1.54, 1.807) is 16.7 Å². The van der Waals surface area contributed by atoms with E-state index >= 15 is 0 Å². The average Bonchev–Trinajstić information content (AvgIpc) is 2.74. The number of aromatic nitrogens is 2. The molecule has 20 heavy (non-hydrogen) atoms. The minimum absolute atomic E-state index is 0.210. The Kier molecular flexibility index (Phi) is 3.35. The van der Waals surface area contributed by atoms with Gasteiger partial charge in [0, 0.05) is 10.5 Å². The zero-order valence-electron chi connectivity index (χ0n) is 10.5. The number of methoxy groups -OCH3 is 1. The van der Waals surface area contributed by atoms with Crippen LogP contribution in [0.5, 0.6) is 5.75 Å². The van der Waals surface area contributed by atoms with Crippen LogP contribution in [0.15, 0.2) is 40.9 Å². The van der Waals surface area contributed by atoms with E-state index in [-0.39, 0.29) is 5.75 Å². The molecule has 1 heterocycles. The SMILES string of the molecule is COc1ccc(-n2c(=S)[nH]c3ccc(Br)cc32)cc1F. The summed E-state index contributed by atoms with van der Waals surface area (Å²) >= 11 is 8.75. The third-order valence-electron chi connectivity index (χ3n) is 3.04. The van der Waals surface area contributed by atoms with E-state index in [9.17, 15) is 4.39 Å². The average molecular weight is 353 g/mol. The van der Waals surface area contributed by atoms with Crippen molar-refractivity contribution in [2.45, 2.75) is 0 Å². The number of imidazole rings is 1. The molecule has 0 saturated heterocycles. The third-order valence-corrected chi connectivity index (χ3v) is 3.82. The van der Waals surface area contributed by atoms with Gasteiger partial charge in [0.2, 0.25) is 0 Å². The van der Waals surface area contributed by atoms with Gasteiger partial charge in [0.25, 0.3) is 0 Å². The van der Waals surface area contributed by atoms with Gasteiger partial charge in [-0.2, -0.15) is 0 Å². The van der Waals surface area contributed by atoms with Crippen LogP contribution in [0, 0.1) is 10.6 Å². The van der Waals surface area contributed by atoms with Crippen molar-refractivity contribution in [3.05, 3.63) is 51.5 Å². The van der Waals surface area contributed by atoms with Gasteiger partial charge in [-0.25, -0.2) is 4.39 Å². The summed E-state index contributed by atoms with van der Waals surface area (Å²) in [6.07, 6.45) is 0. The number of rotatable bonds is 2. The minimum atomic E-state index is -0.420. The van der Waals surface area contributed by atoms with Gasteiger partial charge in [-0.1, -0.05) is 15.9 Å². The number of fused-ring (bicyclic) bond motifs is 1. The van der Waals surface area contributed by atoms with E-state index in [1.165, 1.54) is 13.2 Å². The van der Waals surface area contributed by atoms with Gasteiger partial charge in [0.05, 0.1) is 23.8 Å². The molecule has 0 spiro atoms. The highest BCUT2D eigenvalue weighted by atomic mass is 79.9. The van der Waals surface area contributed by atoms with Gasteiger partial charge in [-0.3, -0.25) is 4.57 Å². The van der Waals surface area contributed by atoms with E-state index in [2.05, 4.69) is 20.9 Å². The summed E-state index contributed by atoms with van der Waals surface area (Å²) in [5, 5.41) is 0. The summed E-state index contributed by atoms with van der Waals surface area (Å²) in [6.45, 7) is 0. The summed E-state index contributed by atoms with van der Waals surface area (Å²) in [5.74, 6) is -0.211. The van der Waals surface area contributed by atoms with Gasteiger partial charge in [-0.05, 0) is 42.5 Å². The molecule has 1 N–H and O–H groups in total. The van der Waals surface area contributed by atoms with Gasteiger partial charge in [0.1, 0.15) is 0 Å². The number of nitrogens with zero attached hydrogens (tertiary/aromatic N) is 1. The maximum Gasteiger partial charge on any atom is 0.182 e. The molecule has 3 nitrogen and oxygen atoms in total. The Balaban J connectivity index is 2.28. The molecule has 0 aliphatic carbocycles. The van der Waals surface area contributed by atoms with Crippen molar-refractivity contribution in [1.82, 2.24) is 9.55 Å². The topological polar surface area (TPSA) is 29.9 Å². The van der Waals surface area contributed by atoms with Gasteiger partial charge >= 0.3 is 0 Å². The number of hydrogen-bond donors (Lipinski definition) is 1. The zero-order valence-corrected chi connectivity index (χ0v) is 12.9. The number of H-pyrrole nitrogens is 1. The molecule has 0 unspecified atom stereocenters. The fourth-order valence-corrected chi connectivity index (χ4v) is 2.79. The Labute approximate surface area is 128 Å². The third kappa shape index (κ3) is 2.14. The molecule has 0 bridgehead atoms. The normalized spacial score (nSPS) is 10.9. The van der Waals surface area contributed by atoms with Crippen LogP contribution in [-0.4, -0.2) is 16.7 Å². The number of aromatic amines is 1. The smallest absolute Gasteiger partial charge is 0.182 e. The molecule has 1 aromatic heterocycles. The van der Waals surface area contributed by atoms with Crippen molar-refractivity contribution in [1.29, 1.82) is 0 Å². The quantitative estimate of drug-likeness (QED) is 0.683. The Morgan fingerprint density at radius 1 is 1.25 bits per heavy atom. The lowest BCUT2D eigenvalue weighted by atomic mass is 10.2. The van der Waals surface area contributed by atoms with Gasteiger partial charge < -0.3 is 9.72 Å². The predicted octanol–water partition coefficient (Wildman–Crippen LogP) is 4.60. The second-order valence-electron chi connectivity index (χ2n) is 4.25. The maximum atomic E-state index is 13.9. The molecule has 0 aliphatic heterocycles. The molecule has 0 amide bonds. The standard InChI is InChI=1S/C14H10BrFN2OS/c1-19-13-5-3-9(7-10(13)16)18-12-6-8(15)2-4-11(12)17-14(18)20/h2-7H,1H3,(H,17,20). The number of benzene rings is 2. The fourth-order valence-electron chi connectivity index (χ4n) is 2.13. The van der Waals surface area contributed by atoms with Crippen molar-refractivity contribution in [3.8, 4) is 11.4 Å². The zero-order chi connectivity index (χ0) is 14.3. The van der Waals surface area contributed by atoms with Crippen molar-refractivity contribution in [2.24, 2.45) is 0 Å². The number of nitrogens with one attached hydrogen (secondary N) is 1. The molecule has 0 fully saturated rings. The molecule has 0 saturated carbocycles. The lowest BCUT2D eigenvalue weighted by Crippen LogP contribution is -1.96. The number of hydrogen-bond acceptors (Lipinski definition) is 2. The van der Waals surface area contributed by atoms with Crippen LogP contribution in [0.2, 0.25) is 0 Å². The van der Waals surface area contributed by atoms with Crippen molar-refractivity contribution in [2.75, 3.05) is 7.11 Å². The first-order valence-corrected chi connectivity index (χ1v) is 7.04. The lowest BCUT2D eigenvalue weighted by Gasteiger charge is -2.07. The van der Waals surface area contributed by atoms with Crippen molar-refractivity contribution < 1.29 is 9.13 Å². The highest BCUT2D eigenvalue weighted by molar-refractivity contribution is 9.10. The Hall–Kier alpha value is -1.66. The monoisotopic (exact) mass is 352 g/mol. The number of halogens is 2. The summed E-state index contributed by atoms with van der Waals surface area (Å²) in [6, 6.07) is 10.5. The fraction of sp³-hybridized carbons (Fsp3) is 0.0714. The molecular weight excluding hydrogens is 343 g/mol. The van der Waals surface area contributed by atoms with Gasteiger partial charge in [0.15, 0.2) is 16.3 Å². The van der Waals surface area contributed by atoms with Crippen LogP contribution in [0.25, 0.3) is 16.7 Å². The van der Waals surface area contributed by atoms with Crippen molar-refractivity contribution >= 4 is 39.2 Å². The first kappa shape index (κ1) is 13.3. The maximum absolute atomic E-state index is 13.9. The summed E-state index contributed by atoms with van der Waals surface area (Å²) < 4.78 is 22.0. The molecule has 2 aromatic carbocycles. The van der Waals surface area contributed by atoms with Crippen molar-refractivity contribution in [3.63, 3.8) is 0 Å². The van der Waals surface area contributed by atoms with E-state index in [0.717, 1.165) is 15.5 Å². The molecule has 0 radical (unpaired) electrons.